The molecule has 0 atom stereocenters. The van der Waals surface area contributed by atoms with Gasteiger partial charge in [0.15, 0.2) is 0 Å². The Bertz CT molecular complexity index is 352. The molecule has 0 radical (unpaired) electrons. The third kappa shape index (κ3) is 3.76. The Kier molecular flexibility index (Phi) is 5.15. The van der Waals surface area contributed by atoms with Crippen LogP contribution in [0.1, 0.15) is 11.1 Å². The molecule has 0 aliphatic carbocycles. The second-order valence-corrected chi connectivity index (χ2v) is 3.84. The summed E-state index contributed by atoms with van der Waals surface area (Å²) in [6, 6.07) is 5.07. The minimum absolute atomic E-state index is 0.0707. The minimum atomic E-state index is -0.197. The monoisotopic (exact) mass is 223 g/mol. The largest absolute Gasteiger partial charge is 0.395 e. The maximum Gasteiger partial charge on any atom is 0.127 e. The molecule has 2 nitrogen and oxygen atoms in total. The molecule has 0 saturated carbocycles. The lowest BCUT2D eigenvalue weighted by Gasteiger charge is -2.19. The first-order chi connectivity index (χ1) is 7.67. The predicted octanol–water partition coefficient (Wildman–Crippen LogP) is 2.11. The molecule has 0 aromatic heterocycles. The average Bonchev–Trinajstić information content (AvgIpc) is 2.24. The van der Waals surface area contributed by atoms with E-state index in [-0.39, 0.29) is 12.4 Å². The summed E-state index contributed by atoms with van der Waals surface area (Å²) >= 11 is 0. The highest BCUT2D eigenvalue weighted by molar-refractivity contribution is 5.24. The highest BCUT2D eigenvalue weighted by Crippen LogP contribution is 2.12. The maximum atomic E-state index is 13.5. The molecule has 3 heteroatoms. The summed E-state index contributed by atoms with van der Waals surface area (Å²) in [4.78, 5) is 1.95. The van der Waals surface area contributed by atoms with Crippen LogP contribution in [0.25, 0.3) is 0 Å². The lowest BCUT2D eigenvalue weighted by Crippen LogP contribution is -2.27. The lowest BCUT2D eigenvalue weighted by molar-refractivity contribution is 0.202. The fourth-order valence-electron chi connectivity index (χ4n) is 1.62. The summed E-state index contributed by atoms with van der Waals surface area (Å²) in [5, 5.41) is 8.90. The van der Waals surface area contributed by atoms with Crippen molar-refractivity contribution in [2.75, 3.05) is 19.7 Å². The lowest BCUT2D eigenvalue weighted by atomic mass is 10.1. The van der Waals surface area contributed by atoms with Crippen LogP contribution >= 0.6 is 0 Å². The van der Waals surface area contributed by atoms with E-state index < -0.39 is 0 Å². The van der Waals surface area contributed by atoms with Gasteiger partial charge in [-0.1, -0.05) is 23.8 Å². The van der Waals surface area contributed by atoms with E-state index in [0.717, 1.165) is 5.56 Å². The molecule has 16 heavy (non-hydrogen) atoms. The van der Waals surface area contributed by atoms with Crippen molar-refractivity contribution in [2.24, 2.45) is 0 Å². The van der Waals surface area contributed by atoms with Gasteiger partial charge in [-0.05, 0) is 13.0 Å². The molecule has 1 N–H and O–H groups in total. The summed E-state index contributed by atoms with van der Waals surface area (Å²) in [6.45, 7) is 7.33. The SMILES string of the molecule is C=CCN(CCO)Cc1cc(C)ccc1F. The molecule has 0 aliphatic rings. The normalized spacial score (nSPS) is 10.8. The van der Waals surface area contributed by atoms with Crippen LogP contribution in [0.2, 0.25) is 0 Å². The van der Waals surface area contributed by atoms with Crippen molar-refractivity contribution in [1.29, 1.82) is 0 Å². The highest BCUT2D eigenvalue weighted by Gasteiger charge is 2.07. The van der Waals surface area contributed by atoms with Crippen molar-refractivity contribution in [1.82, 2.24) is 4.90 Å². The van der Waals surface area contributed by atoms with Crippen molar-refractivity contribution >= 4 is 0 Å². The number of rotatable bonds is 6. The van der Waals surface area contributed by atoms with Crippen LogP contribution in [0.5, 0.6) is 0 Å². The quantitative estimate of drug-likeness (QED) is 0.747. The van der Waals surface area contributed by atoms with Gasteiger partial charge < -0.3 is 5.11 Å². The van der Waals surface area contributed by atoms with E-state index in [1.54, 1.807) is 12.1 Å². The summed E-state index contributed by atoms with van der Waals surface area (Å²) < 4.78 is 13.5. The molecule has 88 valence electrons. The van der Waals surface area contributed by atoms with Gasteiger partial charge in [0, 0.05) is 25.2 Å². The molecule has 1 aromatic carbocycles. The Morgan fingerprint density at radius 1 is 1.50 bits per heavy atom. The number of hydrogen-bond acceptors (Lipinski definition) is 2. The molecular weight excluding hydrogens is 205 g/mol. The van der Waals surface area contributed by atoms with Crippen LogP contribution < -0.4 is 0 Å². The fourth-order valence-corrected chi connectivity index (χ4v) is 1.62. The molecular formula is C13H18FNO. The van der Waals surface area contributed by atoms with Gasteiger partial charge in [0.25, 0.3) is 0 Å². The van der Waals surface area contributed by atoms with Gasteiger partial charge in [-0.2, -0.15) is 0 Å². The predicted molar refractivity (Wildman–Crippen MR) is 63.7 cm³/mol. The first-order valence-electron chi connectivity index (χ1n) is 5.36. The van der Waals surface area contributed by atoms with E-state index in [9.17, 15) is 4.39 Å². The van der Waals surface area contributed by atoms with Crippen molar-refractivity contribution in [3.63, 3.8) is 0 Å². The standard InChI is InChI=1S/C13H18FNO/c1-3-6-15(7-8-16)10-12-9-11(2)4-5-13(12)14/h3-5,9,16H,1,6-8,10H2,2H3. The van der Waals surface area contributed by atoms with Crippen molar-refractivity contribution in [3.8, 4) is 0 Å². The van der Waals surface area contributed by atoms with Crippen LogP contribution in [0.15, 0.2) is 30.9 Å². The molecule has 0 aliphatic heterocycles. The van der Waals surface area contributed by atoms with E-state index in [1.807, 2.05) is 17.9 Å². The zero-order chi connectivity index (χ0) is 12.0. The van der Waals surface area contributed by atoms with Crippen molar-refractivity contribution in [2.45, 2.75) is 13.5 Å². The Balaban J connectivity index is 2.75. The van der Waals surface area contributed by atoms with E-state index in [1.165, 1.54) is 6.07 Å². The van der Waals surface area contributed by atoms with Gasteiger partial charge in [-0.15, -0.1) is 6.58 Å². The number of hydrogen-bond donors (Lipinski definition) is 1. The van der Waals surface area contributed by atoms with Gasteiger partial charge in [0.2, 0.25) is 0 Å². The van der Waals surface area contributed by atoms with Gasteiger partial charge in [0.05, 0.1) is 6.61 Å². The highest BCUT2D eigenvalue weighted by atomic mass is 19.1. The van der Waals surface area contributed by atoms with Gasteiger partial charge in [-0.3, -0.25) is 4.90 Å². The topological polar surface area (TPSA) is 23.5 Å². The summed E-state index contributed by atoms with van der Waals surface area (Å²) in [6.07, 6.45) is 1.75. The number of halogens is 1. The molecule has 0 fully saturated rings. The van der Waals surface area contributed by atoms with E-state index in [4.69, 9.17) is 5.11 Å². The Hall–Kier alpha value is -1.19. The van der Waals surface area contributed by atoms with Crippen molar-refractivity contribution in [3.05, 3.63) is 47.8 Å². The minimum Gasteiger partial charge on any atom is -0.395 e. The van der Waals surface area contributed by atoms with E-state index in [0.29, 0.717) is 25.2 Å². The molecule has 0 saturated heterocycles. The first-order valence-corrected chi connectivity index (χ1v) is 5.36. The molecule has 0 bridgehead atoms. The average molecular weight is 223 g/mol. The Labute approximate surface area is 96.0 Å². The van der Waals surface area contributed by atoms with Gasteiger partial charge in [0.1, 0.15) is 5.82 Å². The number of aryl methyl sites for hydroxylation is 1. The third-order valence-corrected chi connectivity index (χ3v) is 2.40. The first kappa shape index (κ1) is 12.9. The second-order valence-electron chi connectivity index (χ2n) is 3.84. The number of benzene rings is 1. The molecule has 0 amide bonds. The fraction of sp³-hybridized carbons (Fsp3) is 0.385. The molecule has 1 aromatic rings. The molecule has 0 heterocycles. The zero-order valence-corrected chi connectivity index (χ0v) is 9.62. The number of nitrogens with zero attached hydrogens (tertiary/aromatic N) is 1. The van der Waals surface area contributed by atoms with E-state index >= 15 is 0 Å². The molecule has 0 unspecified atom stereocenters. The van der Waals surface area contributed by atoms with Crippen LogP contribution in [0, 0.1) is 12.7 Å². The number of aliphatic hydroxyl groups excluding tert-OH is 1. The summed E-state index contributed by atoms with van der Waals surface area (Å²) in [5.41, 5.74) is 1.70. The summed E-state index contributed by atoms with van der Waals surface area (Å²) in [5.74, 6) is -0.197. The zero-order valence-electron chi connectivity index (χ0n) is 9.62. The maximum absolute atomic E-state index is 13.5. The van der Waals surface area contributed by atoms with Gasteiger partial charge >= 0.3 is 0 Å². The summed E-state index contributed by atoms with van der Waals surface area (Å²) in [7, 11) is 0. The van der Waals surface area contributed by atoms with E-state index in [2.05, 4.69) is 6.58 Å². The van der Waals surface area contributed by atoms with Crippen LogP contribution in [0.4, 0.5) is 4.39 Å². The third-order valence-electron chi connectivity index (χ3n) is 2.40. The number of aliphatic hydroxyl groups is 1. The Morgan fingerprint density at radius 2 is 2.25 bits per heavy atom. The van der Waals surface area contributed by atoms with Crippen LogP contribution in [-0.2, 0) is 6.54 Å². The molecule has 0 spiro atoms. The van der Waals surface area contributed by atoms with Gasteiger partial charge in [-0.25, -0.2) is 4.39 Å². The smallest absolute Gasteiger partial charge is 0.127 e. The van der Waals surface area contributed by atoms with Crippen molar-refractivity contribution < 1.29 is 9.50 Å². The second kappa shape index (κ2) is 6.40. The van der Waals surface area contributed by atoms with Crippen LogP contribution in [-0.4, -0.2) is 29.7 Å². The van der Waals surface area contributed by atoms with Crippen LogP contribution in [0.3, 0.4) is 0 Å². The Morgan fingerprint density at radius 3 is 2.88 bits per heavy atom. The molecule has 1 rings (SSSR count).